The monoisotopic (exact) mass is 318 g/mol. The second kappa shape index (κ2) is 4.07. The molecule has 0 fully saturated rings. The zero-order valence-corrected chi connectivity index (χ0v) is 8.53. The lowest BCUT2D eigenvalue weighted by molar-refractivity contribution is -0.391. The van der Waals surface area contributed by atoms with Crippen molar-refractivity contribution < 1.29 is 18.1 Å². The van der Waals surface area contributed by atoms with Gasteiger partial charge in [-0.15, -0.1) is 0 Å². The highest BCUT2D eigenvalue weighted by Gasteiger charge is 2.28. The molecule has 1 aromatic heterocycles. The predicted molar refractivity (Wildman–Crippen MR) is 48.5 cm³/mol. The molecule has 0 bridgehead atoms. The summed E-state index contributed by atoms with van der Waals surface area (Å²) in [6.07, 6.45) is -3.05. The van der Waals surface area contributed by atoms with Crippen LogP contribution < -0.4 is 0 Å². The Labute approximate surface area is 89.4 Å². The average molecular weight is 318 g/mol. The molecule has 4 nitrogen and oxygen atoms in total. The molecule has 0 aliphatic heterocycles. The summed E-state index contributed by atoms with van der Waals surface area (Å²) < 4.78 is 37.0. The third-order valence-electron chi connectivity index (χ3n) is 1.35. The normalized spacial score (nSPS) is 10.6. The van der Waals surface area contributed by atoms with E-state index in [-0.39, 0.29) is 3.57 Å². The van der Waals surface area contributed by atoms with E-state index >= 15 is 0 Å². The summed E-state index contributed by atoms with van der Waals surface area (Å²) in [6, 6.07) is 0.717. The van der Waals surface area contributed by atoms with Gasteiger partial charge in [0.1, 0.15) is 5.56 Å². The lowest BCUT2D eigenvalue weighted by Gasteiger charge is -2.02. The molecule has 0 saturated heterocycles. The molecular formula is C6H2F3IN2O2. The van der Waals surface area contributed by atoms with E-state index in [0.717, 1.165) is 6.07 Å². The van der Waals surface area contributed by atoms with Crippen LogP contribution in [0.3, 0.4) is 0 Å². The first-order valence-corrected chi connectivity index (χ1v) is 4.30. The molecule has 0 aliphatic carbocycles. The lowest BCUT2D eigenvalue weighted by atomic mass is 10.2. The molecule has 0 N–H and O–H groups in total. The molecule has 0 unspecified atom stereocenters. The molecule has 8 heteroatoms. The minimum absolute atomic E-state index is 0.211. The molecular weight excluding hydrogens is 316 g/mol. The number of halogens is 4. The fraction of sp³-hybridized carbons (Fsp3) is 0.167. The summed E-state index contributed by atoms with van der Waals surface area (Å²) in [5.74, 6) is -2.28. The van der Waals surface area contributed by atoms with Gasteiger partial charge in [-0.1, -0.05) is 0 Å². The third kappa shape index (κ3) is 2.11. The van der Waals surface area contributed by atoms with Gasteiger partial charge in [-0.25, -0.2) is 8.78 Å². The minimum atomic E-state index is -3.05. The van der Waals surface area contributed by atoms with Crippen molar-refractivity contribution in [3.63, 3.8) is 0 Å². The van der Waals surface area contributed by atoms with Crippen molar-refractivity contribution in [2.75, 3.05) is 0 Å². The maximum Gasteiger partial charge on any atom is 0.376 e. The molecule has 0 radical (unpaired) electrons. The second-order valence-electron chi connectivity index (χ2n) is 2.22. The summed E-state index contributed by atoms with van der Waals surface area (Å²) in [6.45, 7) is 0. The van der Waals surface area contributed by atoms with Crippen molar-refractivity contribution >= 4 is 28.4 Å². The number of aromatic nitrogens is 1. The summed E-state index contributed by atoms with van der Waals surface area (Å²) in [5, 5.41) is 10.3. The van der Waals surface area contributed by atoms with Crippen LogP contribution in [0.15, 0.2) is 6.07 Å². The molecule has 0 atom stereocenters. The molecule has 0 amide bonds. The van der Waals surface area contributed by atoms with Gasteiger partial charge in [0.15, 0.2) is 0 Å². The Kier molecular flexibility index (Phi) is 3.24. The molecule has 1 heterocycles. The summed E-state index contributed by atoms with van der Waals surface area (Å²) in [5.41, 5.74) is -0.850. The highest BCUT2D eigenvalue weighted by Crippen LogP contribution is 2.31. The van der Waals surface area contributed by atoms with E-state index in [1.165, 1.54) is 22.6 Å². The predicted octanol–water partition coefficient (Wildman–Crippen LogP) is 2.67. The topological polar surface area (TPSA) is 56.0 Å². The van der Waals surface area contributed by atoms with Gasteiger partial charge in [0.25, 0.3) is 6.43 Å². The lowest BCUT2D eigenvalue weighted by Crippen LogP contribution is -2.03. The van der Waals surface area contributed by atoms with Crippen molar-refractivity contribution in [2.24, 2.45) is 0 Å². The number of alkyl halides is 2. The van der Waals surface area contributed by atoms with Crippen molar-refractivity contribution in [1.29, 1.82) is 0 Å². The molecule has 0 aliphatic rings. The average Bonchev–Trinajstić information content (AvgIpc) is 2.01. The van der Waals surface area contributed by atoms with Gasteiger partial charge in [-0.2, -0.15) is 4.39 Å². The zero-order chi connectivity index (χ0) is 10.9. The Morgan fingerprint density at radius 3 is 2.57 bits per heavy atom. The summed E-state index contributed by atoms with van der Waals surface area (Å²) >= 11 is 1.40. The number of hydrogen-bond donors (Lipinski definition) is 0. The SMILES string of the molecule is O=[N+]([O-])c1nc(F)cc(I)c1C(F)F. The van der Waals surface area contributed by atoms with Crippen molar-refractivity contribution in [1.82, 2.24) is 4.98 Å². The van der Waals surface area contributed by atoms with E-state index in [0.29, 0.717) is 0 Å². The zero-order valence-electron chi connectivity index (χ0n) is 6.38. The highest BCUT2D eigenvalue weighted by atomic mass is 127. The van der Waals surface area contributed by atoms with Crippen LogP contribution in [0.25, 0.3) is 0 Å². The van der Waals surface area contributed by atoms with Gasteiger partial charge in [-0.3, -0.25) is 0 Å². The van der Waals surface area contributed by atoms with Crippen LogP contribution in [0.1, 0.15) is 12.0 Å². The number of nitro groups is 1. The van der Waals surface area contributed by atoms with Crippen LogP contribution in [-0.4, -0.2) is 9.91 Å². The first-order valence-electron chi connectivity index (χ1n) is 3.22. The van der Waals surface area contributed by atoms with Crippen LogP contribution in [0.2, 0.25) is 0 Å². The van der Waals surface area contributed by atoms with Gasteiger partial charge in [-0.05, 0) is 32.5 Å². The second-order valence-corrected chi connectivity index (χ2v) is 3.38. The first-order chi connectivity index (χ1) is 6.43. The van der Waals surface area contributed by atoms with Crippen LogP contribution in [0.4, 0.5) is 19.0 Å². The van der Waals surface area contributed by atoms with Gasteiger partial charge < -0.3 is 10.1 Å². The standard InChI is InChI=1S/C6H2F3IN2O2/c7-3-1-2(10)4(5(8)9)6(11-3)12(13)14/h1,5H. The van der Waals surface area contributed by atoms with Gasteiger partial charge in [0.05, 0.1) is 0 Å². The molecule has 76 valence electrons. The van der Waals surface area contributed by atoms with Gasteiger partial charge in [0, 0.05) is 9.64 Å². The summed E-state index contributed by atoms with van der Waals surface area (Å²) in [7, 11) is 0. The Morgan fingerprint density at radius 1 is 1.57 bits per heavy atom. The van der Waals surface area contributed by atoms with Crippen molar-refractivity contribution in [3.8, 4) is 0 Å². The van der Waals surface area contributed by atoms with Crippen LogP contribution in [-0.2, 0) is 0 Å². The number of hydrogen-bond acceptors (Lipinski definition) is 3. The Balaban J connectivity index is 3.44. The maximum atomic E-state index is 12.6. The largest absolute Gasteiger partial charge is 0.376 e. The summed E-state index contributed by atoms with van der Waals surface area (Å²) in [4.78, 5) is 11.9. The number of pyridine rings is 1. The Bertz CT molecular complexity index is 386. The third-order valence-corrected chi connectivity index (χ3v) is 2.24. The first kappa shape index (κ1) is 11.1. The van der Waals surface area contributed by atoms with Crippen LogP contribution in [0.5, 0.6) is 0 Å². The quantitative estimate of drug-likeness (QED) is 0.365. The molecule has 1 rings (SSSR count). The Hall–Kier alpha value is -0.930. The van der Waals surface area contributed by atoms with Crippen LogP contribution >= 0.6 is 22.6 Å². The van der Waals surface area contributed by atoms with E-state index in [4.69, 9.17) is 0 Å². The van der Waals surface area contributed by atoms with E-state index in [9.17, 15) is 23.3 Å². The number of nitrogens with zero attached hydrogens (tertiary/aromatic N) is 2. The van der Waals surface area contributed by atoms with E-state index in [1.807, 2.05) is 0 Å². The fourth-order valence-electron chi connectivity index (χ4n) is 0.824. The molecule has 0 spiro atoms. The van der Waals surface area contributed by atoms with Gasteiger partial charge >= 0.3 is 11.8 Å². The van der Waals surface area contributed by atoms with Crippen molar-refractivity contribution in [2.45, 2.75) is 6.43 Å². The molecule has 14 heavy (non-hydrogen) atoms. The highest BCUT2D eigenvalue weighted by molar-refractivity contribution is 14.1. The number of rotatable bonds is 2. The van der Waals surface area contributed by atoms with E-state index < -0.39 is 28.7 Å². The fourth-order valence-corrected chi connectivity index (χ4v) is 1.56. The van der Waals surface area contributed by atoms with Crippen LogP contribution in [0, 0.1) is 19.6 Å². The molecule has 0 aromatic carbocycles. The van der Waals surface area contributed by atoms with E-state index in [2.05, 4.69) is 4.98 Å². The molecule has 0 saturated carbocycles. The Morgan fingerprint density at radius 2 is 2.14 bits per heavy atom. The molecule has 1 aromatic rings. The minimum Gasteiger partial charge on any atom is -0.358 e. The van der Waals surface area contributed by atoms with Crippen molar-refractivity contribution in [3.05, 3.63) is 31.3 Å². The maximum absolute atomic E-state index is 12.6. The van der Waals surface area contributed by atoms with E-state index in [1.54, 1.807) is 0 Å². The smallest absolute Gasteiger partial charge is 0.358 e. The van der Waals surface area contributed by atoms with Gasteiger partial charge in [0.2, 0.25) is 0 Å².